The van der Waals surface area contributed by atoms with Crippen molar-refractivity contribution in [1.82, 2.24) is 25.1 Å². The Bertz CT molecular complexity index is 1170. The lowest BCUT2D eigenvalue weighted by Crippen LogP contribution is -2.52. The molecular weight excluding hydrogens is 418 g/mol. The second-order valence-electron chi connectivity index (χ2n) is 8.44. The number of urea groups is 1. The highest BCUT2D eigenvalue weighted by Crippen LogP contribution is 2.44. The number of fused-ring (bicyclic) bond motifs is 2. The summed E-state index contributed by atoms with van der Waals surface area (Å²) in [5.74, 6) is 0. The van der Waals surface area contributed by atoms with Crippen molar-refractivity contribution < 1.29 is 4.79 Å². The summed E-state index contributed by atoms with van der Waals surface area (Å²) in [5, 5.41) is 6.70. The molecule has 7 heteroatoms. The first-order chi connectivity index (χ1) is 15.6. The molecule has 1 aliphatic carbocycles. The van der Waals surface area contributed by atoms with Crippen LogP contribution in [0.2, 0.25) is 0 Å². The average Bonchev–Trinajstić information content (AvgIpc) is 3.14. The zero-order valence-corrected chi connectivity index (χ0v) is 19.6. The van der Waals surface area contributed by atoms with E-state index in [-0.39, 0.29) is 12.1 Å². The number of carbonyl (C=O) groups is 1. The SMILES string of the molecule is CCN(CC)C(=O)N[C@H]1C=C2c3cccc4[nH]c(Sc5ccccn5)c(c34)C[C@H]2N(C)C1. The molecule has 32 heavy (non-hydrogen) atoms. The summed E-state index contributed by atoms with van der Waals surface area (Å²) in [7, 11) is 2.16. The molecule has 2 aliphatic rings. The van der Waals surface area contributed by atoms with Crippen molar-refractivity contribution in [3.63, 3.8) is 0 Å². The zero-order chi connectivity index (χ0) is 22.2. The number of H-pyrrole nitrogens is 1. The number of benzene rings is 1. The summed E-state index contributed by atoms with van der Waals surface area (Å²) in [5.41, 5.74) is 5.11. The number of nitrogens with zero attached hydrogens (tertiary/aromatic N) is 3. The van der Waals surface area contributed by atoms with E-state index in [1.54, 1.807) is 11.8 Å². The molecule has 2 aromatic heterocycles. The Morgan fingerprint density at radius 1 is 1.25 bits per heavy atom. The highest BCUT2D eigenvalue weighted by atomic mass is 32.2. The molecule has 0 saturated heterocycles. The maximum Gasteiger partial charge on any atom is 0.317 e. The van der Waals surface area contributed by atoms with Crippen LogP contribution in [0.5, 0.6) is 0 Å². The Hall–Kier alpha value is -2.77. The van der Waals surface area contributed by atoms with Crippen molar-refractivity contribution in [2.24, 2.45) is 0 Å². The quantitative estimate of drug-likeness (QED) is 0.609. The lowest BCUT2D eigenvalue weighted by atomic mass is 9.81. The average molecular weight is 448 g/mol. The number of hydrogen-bond acceptors (Lipinski definition) is 4. The highest BCUT2D eigenvalue weighted by molar-refractivity contribution is 7.99. The summed E-state index contributed by atoms with van der Waals surface area (Å²) in [6, 6.07) is 12.8. The Labute approximate surface area is 193 Å². The molecule has 2 atom stereocenters. The number of aromatic amines is 1. The predicted octanol–water partition coefficient (Wildman–Crippen LogP) is 4.39. The fourth-order valence-electron chi connectivity index (χ4n) is 4.96. The molecule has 3 heterocycles. The fourth-order valence-corrected chi connectivity index (χ4v) is 5.90. The van der Waals surface area contributed by atoms with Crippen LogP contribution in [-0.2, 0) is 6.42 Å². The van der Waals surface area contributed by atoms with Gasteiger partial charge in [-0.3, -0.25) is 4.90 Å². The molecule has 3 aromatic rings. The molecule has 2 amide bonds. The first-order valence-electron chi connectivity index (χ1n) is 11.3. The van der Waals surface area contributed by atoms with Gasteiger partial charge in [0.25, 0.3) is 0 Å². The monoisotopic (exact) mass is 447 g/mol. The summed E-state index contributed by atoms with van der Waals surface area (Å²) >= 11 is 1.70. The van der Waals surface area contributed by atoms with Crippen LogP contribution in [0.3, 0.4) is 0 Å². The number of amides is 2. The topological polar surface area (TPSA) is 64.3 Å². The fraction of sp³-hybridized carbons (Fsp3) is 0.360. The van der Waals surface area contributed by atoms with Gasteiger partial charge in [-0.05, 0) is 62.2 Å². The van der Waals surface area contributed by atoms with E-state index in [0.717, 1.165) is 23.5 Å². The molecule has 0 spiro atoms. The third-order valence-corrected chi connectivity index (χ3v) is 7.56. The smallest absolute Gasteiger partial charge is 0.317 e. The Kier molecular flexibility index (Phi) is 5.69. The largest absolute Gasteiger partial charge is 0.349 e. The van der Waals surface area contributed by atoms with Crippen molar-refractivity contribution in [1.29, 1.82) is 0 Å². The van der Waals surface area contributed by atoms with Gasteiger partial charge in [-0.2, -0.15) is 0 Å². The first kappa shape index (κ1) is 21.1. The predicted molar refractivity (Wildman–Crippen MR) is 130 cm³/mol. The molecular formula is C25H29N5OS. The molecule has 166 valence electrons. The van der Waals surface area contributed by atoms with Gasteiger partial charge in [0.2, 0.25) is 0 Å². The van der Waals surface area contributed by atoms with E-state index in [1.807, 2.05) is 43.1 Å². The first-order valence-corrected chi connectivity index (χ1v) is 12.1. The van der Waals surface area contributed by atoms with Crippen LogP contribution >= 0.6 is 11.8 Å². The van der Waals surface area contributed by atoms with Crippen molar-refractivity contribution in [3.05, 3.63) is 59.8 Å². The second kappa shape index (κ2) is 8.64. The van der Waals surface area contributed by atoms with Gasteiger partial charge in [0.05, 0.1) is 11.1 Å². The number of aromatic nitrogens is 2. The van der Waals surface area contributed by atoms with Gasteiger partial charge in [0.1, 0.15) is 5.03 Å². The highest BCUT2D eigenvalue weighted by Gasteiger charge is 2.35. The van der Waals surface area contributed by atoms with E-state index < -0.39 is 0 Å². The number of nitrogens with one attached hydrogen (secondary N) is 2. The standard InChI is InChI=1S/C25H29N5OS/c1-4-30(5-2)25(31)27-16-13-18-17-9-8-10-20-23(17)19(14-21(18)29(3)15-16)24(28-20)32-22-11-6-7-12-26-22/h6-13,16,21,28H,4-5,14-15H2,1-3H3,(H,27,31)/t16-,21+/m0/s1. The van der Waals surface area contributed by atoms with Crippen LogP contribution in [0.1, 0.15) is 25.0 Å². The number of rotatable bonds is 5. The minimum absolute atomic E-state index is 0.00235. The van der Waals surface area contributed by atoms with Gasteiger partial charge in [0.15, 0.2) is 0 Å². The number of pyridine rings is 1. The van der Waals surface area contributed by atoms with Crippen molar-refractivity contribution >= 4 is 34.3 Å². The molecule has 0 saturated carbocycles. The van der Waals surface area contributed by atoms with Crippen LogP contribution in [0.15, 0.2) is 58.7 Å². The van der Waals surface area contributed by atoms with Crippen LogP contribution < -0.4 is 5.32 Å². The molecule has 0 unspecified atom stereocenters. The molecule has 2 N–H and O–H groups in total. The number of carbonyl (C=O) groups excluding carboxylic acids is 1. The van der Waals surface area contributed by atoms with Gasteiger partial charge >= 0.3 is 6.03 Å². The summed E-state index contributed by atoms with van der Waals surface area (Å²) in [6.45, 7) is 6.26. The van der Waals surface area contributed by atoms with E-state index in [0.29, 0.717) is 19.1 Å². The summed E-state index contributed by atoms with van der Waals surface area (Å²) < 4.78 is 0. The molecule has 0 fully saturated rings. The Morgan fingerprint density at radius 3 is 2.84 bits per heavy atom. The van der Waals surface area contributed by atoms with Crippen LogP contribution in [0, 0.1) is 0 Å². The minimum atomic E-state index is -0.00235. The molecule has 5 rings (SSSR count). The second-order valence-corrected chi connectivity index (χ2v) is 9.47. The van der Waals surface area contributed by atoms with Gasteiger partial charge in [0, 0.05) is 42.8 Å². The third-order valence-electron chi connectivity index (χ3n) is 6.56. The Balaban J connectivity index is 1.52. The van der Waals surface area contributed by atoms with E-state index in [1.165, 1.54) is 27.1 Å². The molecule has 1 aromatic carbocycles. The third kappa shape index (κ3) is 3.69. The van der Waals surface area contributed by atoms with Crippen molar-refractivity contribution in [3.8, 4) is 0 Å². The van der Waals surface area contributed by atoms with Gasteiger partial charge < -0.3 is 15.2 Å². The zero-order valence-electron chi connectivity index (χ0n) is 18.8. The van der Waals surface area contributed by atoms with Crippen LogP contribution in [-0.4, -0.2) is 64.6 Å². The van der Waals surface area contributed by atoms with Crippen molar-refractivity contribution in [2.45, 2.75) is 42.4 Å². The summed E-state index contributed by atoms with van der Waals surface area (Å²) in [6.07, 6.45) is 5.07. The number of hydrogen-bond donors (Lipinski definition) is 2. The lowest BCUT2D eigenvalue weighted by Gasteiger charge is -2.40. The molecule has 1 aliphatic heterocycles. The minimum Gasteiger partial charge on any atom is -0.349 e. The molecule has 0 radical (unpaired) electrons. The molecule has 0 bridgehead atoms. The van der Waals surface area contributed by atoms with E-state index >= 15 is 0 Å². The van der Waals surface area contributed by atoms with Crippen molar-refractivity contribution in [2.75, 3.05) is 26.7 Å². The van der Waals surface area contributed by atoms with Gasteiger partial charge in [-0.15, -0.1) is 0 Å². The lowest BCUT2D eigenvalue weighted by molar-refractivity contribution is 0.193. The maximum atomic E-state index is 12.7. The van der Waals surface area contributed by atoms with E-state index in [9.17, 15) is 4.79 Å². The summed E-state index contributed by atoms with van der Waals surface area (Å²) in [4.78, 5) is 25.0. The normalized spacial score (nSPS) is 20.0. The van der Waals surface area contributed by atoms with E-state index in [4.69, 9.17) is 0 Å². The van der Waals surface area contributed by atoms with Gasteiger partial charge in [-0.1, -0.05) is 36.0 Å². The molecule has 6 nitrogen and oxygen atoms in total. The van der Waals surface area contributed by atoms with Crippen LogP contribution in [0.4, 0.5) is 4.79 Å². The number of likely N-dealkylation sites (N-methyl/N-ethyl adjacent to an activating group) is 1. The van der Waals surface area contributed by atoms with Gasteiger partial charge in [-0.25, -0.2) is 9.78 Å². The van der Waals surface area contributed by atoms with Crippen LogP contribution in [0.25, 0.3) is 16.5 Å². The Morgan fingerprint density at radius 2 is 2.09 bits per heavy atom. The maximum absolute atomic E-state index is 12.7. The van der Waals surface area contributed by atoms with E-state index in [2.05, 4.69) is 51.5 Å².